The van der Waals surface area contributed by atoms with Gasteiger partial charge in [-0.25, -0.2) is 9.78 Å². The molecule has 19 heavy (non-hydrogen) atoms. The molecule has 7 nitrogen and oxygen atoms in total. The fourth-order valence-electron chi connectivity index (χ4n) is 2.30. The average Bonchev–Trinajstić information content (AvgIpc) is 2.85. The Morgan fingerprint density at radius 1 is 1.42 bits per heavy atom. The van der Waals surface area contributed by atoms with Gasteiger partial charge in [0.15, 0.2) is 5.82 Å². The van der Waals surface area contributed by atoms with E-state index < -0.39 is 5.97 Å². The molecule has 1 aliphatic rings. The maximum absolute atomic E-state index is 11.4. The molecule has 0 saturated heterocycles. The summed E-state index contributed by atoms with van der Waals surface area (Å²) < 4.78 is 1.97. The molecule has 0 aromatic carbocycles. The number of aromatic carboxylic acids is 1. The molecule has 0 radical (unpaired) electrons. The van der Waals surface area contributed by atoms with Crippen molar-refractivity contribution in [2.45, 2.75) is 20.0 Å². The van der Waals surface area contributed by atoms with Gasteiger partial charge in [0.25, 0.3) is 0 Å². The fourth-order valence-corrected chi connectivity index (χ4v) is 2.30. The number of carboxylic acid groups (broad SMARTS) is 1. The zero-order valence-corrected chi connectivity index (χ0v) is 10.4. The lowest BCUT2D eigenvalue weighted by molar-refractivity contribution is 0.0696. The fraction of sp³-hybridized carbons (Fsp3) is 0.333. The summed E-state index contributed by atoms with van der Waals surface area (Å²) in [6, 6.07) is 1.71. The summed E-state index contributed by atoms with van der Waals surface area (Å²) in [7, 11) is 0. The van der Waals surface area contributed by atoms with Gasteiger partial charge in [0, 0.05) is 19.3 Å². The van der Waals surface area contributed by atoms with E-state index >= 15 is 0 Å². The summed E-state index contributed by atoms with van der Waals surface area (Å²) in [5, 5.41) is 17.2. The maximum Gasteiger partial charge on any atom is 0.339 e. The second-order valence-electron chi connectivity index (χ2n) is 4.49. The Hall–Kier alpha value is -2.44. The highest BCUT2D eigenvalue weighted by molar-refractivity contribution is 5.94. The largest absolute Gasteiger partial charge is 0.478 e. The van der Waals surface area contributed by atoms with E-state index in [0.717, 1.165) is 12.4 Å². The summed E-state index contributed by atoms with van der Waals surface area (Å²) in [6.45, 7) is 3.73. The minimum atomic E-state index is -0.951. The van der Waals surface area contributed by atoms with E-state index in [-0.39, 0.29) is 5.56 Å². The van der Waals surface area contributed by atoms with Crippen LogP contribution in [0.4, 0.5) is 5.82 Å². The molecule has 7 heteroatoms. The number of aromatic nitrogens is 4. The van der Waals surface area contributed by atoms with Crippen LogP contribution >= 0.6 is 0 Å². The first-order valence-corrected chi connectivity index (χ1v) is 5.97. The predicted molar refractivity (Wildman–Crippen MR) is 67.0 cm³/mol. The molecule has 0 aliphatic carbocycles. The van der Waals surface area contributed by atoms with Crippen LogP contribution in [0.2, 0.25) is 0 Å². The van der Waals surface area contributed by atoms with Crippen molar-refractivity contribution in [3.05, 3.63) is 35.5 Å². The molecule has 0 spiro atoms. The van der Waals surface area contributed by atoms with Crippen LogP contribution < -0.4 is 4.90 Å². The van der Waals surface area contributed by atoms with Crippen molar-refractivity contribution in [1.82, 2.24) is 19.7 Å². The van der Waals surface area contributed by atoms with E-state index in [2.05, 4.69) is 15.2 Å². The molecule has 2 aromatic heterocycles. The second kappa shape index (κ2) is 4.34. The number of rotatable bonds is 2. The summed E-state index contributed by atoms with van der Waals surface area (Å²) in [5.74, 6) is 0.375. The van der Waals surface area contributed by atoms with Crippen LogP contribution in [0, 0.1) is 6.92 Å². The van der Waals surface area contributed by atoms with Crippen LogP contribution in [0.5, 0.6) is 0 Å². The van der Waals surface area contributed by atoms with E-state index in [4.69, 9.17) is 0 Å². The molecule has 0 atom stereocenters. The van der Waals surface area contributed by atoms with E-state index in [1.165, 1.54) is 0 Å². The normalized spacial score (nSPS) is 14.3. The zero-order valence-electron chi connectivity index (χ0n) is 10.4. The molecule has 3 rings (SSSR count). The summed E-state index contributed by atoms with van der Waals surface area (Å²) in [5.41, 5.74) is 0.972. The Morgan fingerprint density at radius 3 is 3.05 bits per heavy atom. The van der Waals surface area contributed by atoms with E-state index in [0.29, 0.717) is 24.5 Å². The lowest BCUT2D eigenvalue weighted by atomic mass is 10.1. The maximum atomic E-state index is 11.4. The smallest absolute Gasteiger partial charge is 0.339 e. The van der Waals surface area contributed by atoms with E-state index in [9.17, 15) is 9.90 Å². The molecular weight excluding hydrogens is 246 g/mol. The second-order valence-corrected chi connectivity index (χ2v) is 4.49. The Labute approximate surface area is 109 Å². The number of aryl methyl sites for hydroxylation is 1. The number of hydrogen-bond acceptors (Lipinski definition) is 5. The molecule has 0 fully saturated rings. The van der Waals surface area contributed by atoms with Crippen molar-refractivity contribution < 1.29 is 9.90 Å². The molecule has 0 unspecified atom stereocenters. The third kappa shape index (κ3) is 1.92. The van der Waals surface area contributed by atoms with Gasteiger partial charge in [-0.3, -0.25) is 0 Å². The van der Waals surface area contributed by atoms with Gasteiger partial charge in [-0.2, -0.15) is 0 Å². The minimum absolute atomic E-state index is 0.260. The molecule has 1 N–H and O–H groups in total. The third-order valence-electron chi connectivity index (χ3n) is 3.29. The molecule has 3 heterocycles. The van der Waals surface area contributed by atoms with E-state index in [1.54, 1.807) is 25.5 Å². The number of anilines is 1. The van der Waals surface area contributed by atoms with Crippen molar-refractivity contribution in [1.29, 1.82) is 0 Å². The molecule has 0 bridgehead atoms. The average molecular weight is 259 g/mol. The Bertz CT molecular complexity index is 637. The number of carbonyl (C=O) groups is 1. The SMILES string of the molecule is Cc1ccnc(N2CCn3cnnc3C2)c1C(=O)O. The van der Waals surface area contributed by atoms with Crippen molar-refractivity contribution >= 4 is 11.8 Å². The first kappa shape index (κ1) is 11.6. The van der Waals surface area contributed by atoms with Gasteiger partial charge in [0.2, 0.25) is 0 Å². The van der Waals surface area contributed by atoms with Gasteiger partial charge in [0.1, 0.15) is 17.7 Å². The van der Waals surface area contributed by atoms with Gasteiger partial charge >= 0.3 is 5.97 Å². The van der Waals surface area contributed by atoms with Crippen LogP contribution in [-0.2, 0) is 13.1 Å². The van der Waals surface area contributed by atoms with Gasteiger partial charge < -0.3 is 14.6 Å². The zero-order chi connectivity index (χ0) is 13.4. The molecule has 0 amide bonds. The highest BCUT2D eigenvalue weighted by Gasteiger charge is 2.24. The van der Waals surface area contributed by atoms with Gasteiger partial charge in [-0.15, -0.1) is 10.2 Å². The van der Waals surface area contributed by atoms with Crippen molar-refractivity contribution in [2.75, 3.05) is 11.4 Å². The number of hydrogen-bond donors (Lipinski definition) is 1. The van der Waals surface area contributed by atoms with Crippen molar-refractivity contribution in [3.8, 4) is 0 Å². The third-order valence-corrected chi connectivity index (χ3v) is 3.29. The number of carboxylic acids is 1. The number of fused-ring (bicyclic) bond motifs is 1. The van der Waals surface area contributed by atoms with Crippen LogP contribution in [0.3, 0.4) is 0 Å². The highest BCUT2D eigenvalue weighted by atomic mass is 16.4. The standard InChI is InChI=1S/C12H13N5O2/c1-8-2-3-13-11(10(8)12(18)19)16-4-5-17-7-14-15-9(17)6-16/h2-3,7H,4-6H2,1H3,(H,18,19). The quantitative estimate of drug-likeness (QED) is 0.854. The highest BCUT2D eigenvalue weighted by Crippen LogP contribution is 2.24. The summed E-state index contributed by atoms with van der Waals surface area (Å²) in [4.78, 5) is 17.5. The summed E-state index contributed by atoms with van der Waals surface area (Å²) >= 11 is 0. The van der Waals surface area contributed by atoms with Crippen LogP contribution in [-0.4, -0.2) is 37.4 Å². The van der Waals surface area contributed by atoms with Gasteiger partial charge in [0.05, 0.1) is 6.54 Å². The minimum Gasteiger partial charge on any atom is -0.478 e. The van der Waals surface area contributed by atoms with Gasteiger partial charge in [-0.05, 0) is 18.6 Å². The van der Waals surface area contributed by atoms with Crippen LogP contribution in [0.25, 0.3) is 0 Å². The summed E-state index contributed by atoms with van der Waals surface area (Å²) in [6.07, 6.45) is 3.32. The molecule has 1 aliphatic heterocycles. The molecular formula is C12H13N5O2. The predicted octanol–water partition coefficient (Wildman–Crippen LogP) is 0.700. The lowest BCUT2D eigenvalue weighted by Crippen LogP contribution is -2.35. The molecule has 0 saturated carbocycles. The van der Waals surface area contributed by atoms with Crippen molar-refractivity contribution in [2.24, 2.45) is 0 Å². The lowest BCUT2D eigenvalue weighted by Gasteiger charge is -2.29. The van der Waals surface area contributed by atoms with Crippen molar-refractivity contribution in [3.63, 3.8) is 0 Å². The Morgan fingerprint density at radius 2 is 2.26 bits per heavy atom. The van der Waals surface area contributed by atoms with Crippen LogP contribution in [0.1, 0.15) is 21.7 Å². The van der Waals surface area contributed by atoms with Crippen LogP contribution in [0.15, 0.2) is 18.6 Å². The number of nitrogens with zero attached hydrogens (tertiary/aromatic N) is 5. The van der Waals surface area contributed by atoms with Gasteiger partial charge in [-0.1, -0.05) is 0 Å². The Balaban J connectivity index is 2.00. The topological polar surface area (TPSA) is 84.1 Å². The number of pyridine rings is 1. The Kier molecular flexibility index (Phi) is 2.66. The van der Waals surface area contributed by atoms with E-state index in [1.807, 2.05) is 9.47 Å². The first-order chi connectivity index (χ1) is 9.16. The monoisotopic (exact) mass is 259 g/mol. The first-order valence-electron chi connectivity index (χ1n) is 5.97. The molecule has 98 valence electrons. The molecule has 2 aromatic rings.